The Morgan fingerprint density at radius 2 is 1.92 bits per heavy atom. The molecule has 0 aliphatic rings. The third-order valence-corrected chi connectivity index (χ3v) is 3.66. The van der Waals surface area contributed by atoms with Crippen LogP contribution in [0.1, 0.15) is 16.7 Å². The van der Waals surface area contributed by atoms with Crippen molar-refractivity contribution in [3.63, 3.8) is 0 Å². The standard InChI is InChI=1S/C17H14F3N3O/c18-17(19,20)13-5-3-11(4-6-13)9-22-15(24)8-12-10-23-16-14(12)2-1-7-21-16/h1-7,10H,8-9H2,(H,21,23)(H,22,24). The fourth-order valence-electron chi connectivity index (χ4n) is 2.41. The molecule has 0 saturated heterocycles. The first kappa shape index (κ1) is 16.0. The Kier molecular flexibility index (Phi) is 4.24. The quantitative estimate of drug-likeness (QED) is 0.768. The highest BCUT2D eigenvalue weighted by Crippen LogP contribution is 2.29. The van der Waals surface area contributed by atoms with Gasteiger partial charge < -0.3 is 10.3 Å². The van der Waals surface area contributed by atoms with Crippen LogP contribution < -0.4 is 5.32 Å². The van der Waals surface area contributed by atoms with Crippen LogP contribution in [0.4, 0.5) is 13.2 Å². The molecule has 0 fully saturated rings. The molecule has 2 N–H and O–H groups in total. The topological polar surface area (TPSA) is 57.8 Å². The second-order valence-electron chi connectivity index (χ2n) is 5.36. The Morgan fingerprint density at radius 1 is 1.17 bits per heavy atom. The highest BCUT2D eigenvalue weighted by Gasteiger charge is 2.29. The highest BCUT2D eigenvalue weighted by atomic mass is 19.4. The molecule has 0 spiro atoms. The van der Waals surface area contributed by atoms with Crippen LogP contribution in [-0.2, 0) is 23.9 Å². The lowest BCUT2D eigenvalue weighted by atomic mass is 10.1. The predicted octanol–water partition coefficient (Wildman–Crippen LogP) is 3.44. The summed E-state index contributed by atoms with van der Waals surface area (Å²) in [5, 5.41) is 3.58. The summed E-state index contributed by atoms with van der Waals surface area (Å²) in [6.07, 6.45) is -0.792. The van der Waals surface area contributed by atoms with Crippen LogP contribution in [0.5, 0.6) is 0 Å². The fraction of sp³-hybridized carbons (Fsp3) is 0.176. The lowest BCUT2D eigenvalue weighted by Gasteiger charge is -2.08. The van der Waals surface area contributed by atoms with Crippen molar-refractivity contribution in [2.75, 3.05) is 0 Å². The second kappa shape index (κ2) is 6.35. The van der Waals surface area contributed by atoms with E-state index >= 15 is 0 Å². The molecule has 4 nitrogen and oxygen atoms in total. The van der Waals surface area contributed by atoms with Crippen molar-refractivity contribution in [3.8, 4) is 0 Å². The molecule has 0 atom stereocenters. The van der Waals surface area contributed by atoms with Crippen molar-refractivity contribution in [2.45, 2.75) is 19.1 Å². The number of fused-ring (bicyclic) bond motifs is 1. The molecule has 3 rings (SSSR count). The number of halogens is 3. The number of benzene rings is 1. The van der Waals surface area contributed by atoms with E-state index < -0.39 is 11.7 Å². The van der Waals surface area contributed by atoms with Gasteiger partial charge in [0.05, 0.1) is 12.0 Å². The van der Waals surface area contributed by atoms with Gasteiger partial charge in [0.1, 0.15) is 5.65 Å². The number of amides is 1. The van der Waals surface area contributed by atoms with Gasteiger partial charge in [-0.1, -0.05) is 12.1 Å². The zero-order valence-electron chi connectivity index (χ0n) is 12.5. The number of carbonyl (C=O) groups is 1. The van der Waals surface area contributed by atoms with Gasteiger partial charge in [0.15, 0.2) is 0 Å². The predicted molar refractivity (Wildman–Crippen MR) is 83.1 cm³/mol. The van der Waals surface area contributed by atoms with Crippen LogP contribution in [0, 0.1) is 0 Å². The van der Waals surface area contributed by atoms with E-state index in [1.165, 1.54) is 12.1 Å². The van der Waals surface area contributed by atoms with Crippen molar-refractivity contribution in [1.29, 1.82) is 0 Å². The summed E-state index contributed by atoms with van der Waals surface area (Å²) < 4.78 is 37.5. The summed E-state index contributed by atoms with van der Waals surface area (Å²) in [5.41, 5.74) is 1.44. The molecule has 0 aliphatic heterocycles. The van der Waals surface area contributed by atoms with Gasteiger partial charge in [0.25, 0.3) is 0 Å². The van der Waals surface area contributed by atoms with E-state index in [-0.39, 0.29) is 18.9 Å². The van der Waals surface area contributed by atoms with Gasteiger partial charge >= 0.3 is 6.18 Å². The van der Waals surface area contributed by atoms with Crippen molar-refractivity contribution in [1.82, 2.24) is 15.3 Å². The molecule has 3 aromatic rings. The number of H-pyrrole nitrogens is 1. The second-order valence-corrected chi connectivity index (χ2v) is 5.36. The molecule has 2 heterocycles. The lowest BCUT2D eigenvalue weighted by Crippen LogP contribution is -2.24. The lowest BCUT2D eigenvalue weighted by molar-refractivity contribution is -0.137. The van der Waals surface area contributed by atoms with E-state index in [4.69, 9.17) is 0 Å². The molecule has 0 radical (unpaired) electrons. The summed E-state index contributed by atoms with van der Waals surface area (Å²) in [4.78, 5) is 19.2. The average Bonchev–Trinajstić information content (AvgIpc) is 2.96. The third kappa shape index (κ3) is 3.56. The Hall–Kier alpha value is -2.83. The summed E-state index contributed by atoms with van der Waals surface area (Å²) in [6.45, 7) is 0.178. The van der Waals surface area contributed by atoms with Crippen molar-refractivity contribution >= 4 is 16.9 Å². The zero-order valence-corrected chi connectivity index (χ0v) is 12.5. The fourth-order valence-corrected chi connectivity index (χ4v) is 2.41. The molecular formula is C17H14F3N3O. The van der Waals surface area contributed by atoms with E-state index in [9.17, 15) is 18.0 Å². The molecule has 124 valence electrons. The van der Waals surface area contributed by atoms with E-state index in [1.807, 2.05) is 6.07 Å². The minimum atomic E-state index is -4.36. The van der Waals surface area contributed by atoms with Crippen molar-refractivity contribution in [2.24, 2.45) is 0 Å². The number of carbonyl (C=O) groups excluding carboxylic acids is 1. The molecule has 7 heteroatoms. The Labute approximate surface area is 135 Å². The van der Waals surface area contributed by atoms with Crippen molar-refractivity contribution in [3.05, 3.63) is 65.5 Å². The molecule has 0 unspecified atom stereocenters. The van der Waals surface area contributed by atoms with Gasteiger partial charge in [-0.05, 0) is 35.4 Å². The number of pyridine rings is 1. The SMILES string of the molecule is O=C(Cc1c[nH]c2ncccc12)NCc1ccc(C(F)(F)F)cc1. The molecular weight excluding hydrogens is 319 g/mol. The van der Waals surface area contributed by atoms with Gasteiger partial charge in [-0.2, -0.15) is 13.2 Å². The third-order valence-electron chi connectivity index (χ3n) is 3.66. The van der Waals surface area contributed by atoms with Crippen LogP contribution in [0.15, 0.2) is 48.8 Å². The van der Waals surface area contributed by atoms with E-state index in [2.05, 4.69) is 15.3 Å². The normalized spacial score (nSPS) is 11.6. The molecule has 24 heavy (non-hydrogen) atoms. The minimum absolute atomic E-state index is 0.173. The number of hydrogen-bond acceptors (Lipinski definition) is 2. The number of rotatable bonds is 4. The van der Waals surface area contributed by atoms with E-state index in [0.717, 1.165) is 23.1 Å². The maximum atomic E-state index is 12.5. The summed E-state index contributed by atoms with van der Waals surface area (Å²) in [7, 11) is 0. The van der Waals surface area contributed by atoms with E-state index in [1.54, 1.807) is 18.5 Å². The van der Waals surface area contributed by atoms with E-state index in [0.29, 0.717) is 11.2 Å². The van der Waals surface area contributed by atoms with Gasteiger partial charge in [0.2, 0.25) is 5.91 Å². The summed E-state index contributed by atoms with van der Waals surface area (Å²) in [6, 6.07) is 8.40. The number of aromatic amines is 1. The first-order valence-corrected chi connectivity index (χ1v) is 7.27. The zero-order chi connectivity index (χ0) is 17.2. The Balaban J connectivity index is 1.59. The Morgan fingerprint density at radius 3 is 2.62 bits per heavy atom. The smallest absolute Gasteiger partial charge is 0.352 e. The monoisotopic (exact) mass is 333 g/mol. The number of alkyl halides is 3. The molecule has 0 bridgehead atoms. The number of aromatic nitrogens is 2. The van der Waals surface area contributed by atoms with Gasteiger partial charge in [-0.3, -0.25) is 4.79 Å². The average molecular weight is 333 g/mol. The minimum Gasteiger partial charge on any atom is -0.352 e. The van der Waals surface area contributed by atoms with Gasteiger partial charge in [0, 0.05) is 24.3 Å². The van der Waals surface area contributed by atoms with Crippen LogP contribution in [0.2, 0.25) is 0 Å². The first-order chi connectivity index (χ1) is 11.4. The molecule has 1 aromatic carbocycles. The molecule has 0 aliphatic carbocycles. The highest BCUT2D eigenvalue weighted by molar-refractivity contribution is 5.87. The first-order valence-electron chi connectivity index (χ1n) is 7.27. The Bertz CT molecular complexity index is 853. The number of nitrogens with one attached hydrogen (secondary N) is 2. The van der Waals surface area contributed by atoms with Crippen LogP contribution in [0.3, 0.4) is 0 Å². The number of hydrogen-bond donors (Lipinski definition) is 2. The summed E-state index contributed by atoms with van der Waals surface area (Å²) in [5.74, 6) is -0.209. The van der Waals surface area contributed by atoms with Crippen LogP contribution >= 0.6 is 0 Å². The van der Waals surface area contributed by atoms with Crippen LogP contribution in [0.25, 0.3) is 11.0 Å². The maximum Gasteiger partial charge on any atom is 0.416 e. The molecule has 1 amide bonds. The van der Waals surface area contributed by atoms with Gasteiger partial charge in [-0.25, -0.2) is 4.98 Å². The van der Waals surface area contributed by atoms with Gasteiger partial charge in [-0.15, -0.1) is 0 Å². The largest absolute Gasteiger partial charge is 0.416 e. The molecule has 2 aromatic heterocycles. The molecule has 0 saturated carbocycles. The van der Waals surface area contributed by atoms with Crippen LogP contribution in [-0.4, -0.2) is 15.9 Å². The van der Waals surface area contributed by atoms with Crippen molar-refractivity contribution < 1.29 is 18.0 Å². The summed E-state index contributed by atoms with van der Waals surface area (Å²) >= 11 is 0. The number of nitrogens with zero attached hydrogens (tertiary/aromatic N) is 1. The maximum absolute atomic E-state index is 12.5.